The maximum Gasteiger partial charge on any atom is 0.319 e. The number of hydrogen-bond donors (Lipinski definition) is 1. The molecule has 0 aromatic carbocycles. The lowest BCUT2D eigenvalue weighted by Gasteiger charge is -2.48. The van der Waals surface area contributed by atoms with Crippen molar-refractivity contribution in [1.82, 2.24) is 14.7 Å². The third kappa shape index (κ3) is 8.30. The van der Waals surface area contributed by atoms with Crippen LogP contribution in [-0.4, -0.2) is 135 Å². The van der Waals surface area contributed by atoms with E-state index in [0.29, 0.717) is 18.8 Å². The van der Waals surface area contributed by atoms with Crippen molar-refractivity contribution >= 4 is 11.8 Å². The summed E-state index contributed by atoms with van der Waals surface area (Å²) >= 11 is 0. The van der Waals surface area contributed by atoms with Gasteiger partial charge in [0.1, 0.15) is 18.1 Å². The molecule has 0 spiro atoms. The number of hydrogen-bond acceptors (Lipinski definition) is 10. The first-order valence-electron chi connectivity index (χ1n) is 17.4. The number of methoxy groups -OCH3 is 1. The standard InChI is InChI=1S/C35H63N3O7/c1-22-16-35(6,42-10)31(45-32-29(39)27(36(7)8)15-23(2)44-32)24(3)30(40)34(4,5)33(41)43-21-28(37(9)17-22)26-19-38(20-26)18-25-13-11-12-14-25/h22-29,31-32,39H,11-21H2,1-10H3/t22-,23-,24+,27+,28?,29-,31-,32+,35-/m1/s1. The molecule has 0 radical (unpaired) electrons. The Bertz CT molecular complexity index is 998. The molecule has 1 saturated carbocycles. The van der Waals surface area contributed by atoms with Crippen LogP contribution in [0.5, 0.6) is 0 Å². The van der Waals surface area contributed by atoms with Gasteiger partial charge in [0, 0.05) is 57.2 Å². The van der Waals surface area contributed by atoms with Gasteiger partial charge in [-0.2, -0.15) is 0 Å². The molecule has 1 N–H and O–H groups in total. The number of nitrogens with zero attached hydrogens (tertiary/aromatic N) is 3. The Hall–Kier alpha value is -1.14. The summed E-state index contributed by atoms with van der Waals surface area (Å²) in [5, 5.41) is 11.3. The number of carbonyl (C=O) groups excluding carboxylic acids is 2. The number of esters is 1. The zero-order valence-electron chi connectivity index (χ0n) is 29.8. The Labute approximate surface area is 272 Å². The summed E-state index contributed by atoms with van der Waals surface area (Å²) in [4.78, 5) is 34.8. The monoisotopic (exact) mass is 637 g/mol. The first-order chi connectivity index (χ1) is 21.1. The quantitative estimate of drug-likeness (QED) is 0.330. The van der Waals surface area contributed by atoms with Gasteiger partial charge in [0.2, 0.25) is 0 Å². The highest BCUT2D eigenvalue weighted by Gasteiger charge is 2.52. The molecule has 1 aliphatic carbocycles. The Morgan fingerprint density at radius 3 is 2.29 bits per heavy atom. The predicted molar refractivity (Wildman–Crippen MR) is 174 cm³/mol. The normalized spacial score (nSPS) is 40.4. The molecular formula is C35H63N3O7. The lowest BCUT2D eigenvalue weighted by Crippen LogP contribution is -2.59. The molecule has 4 aliphatic rings. The minimum Gasteiger partial charge on any atom is -0.463 e. The van der Waals surface area contributed by atoms with E-state index in [1.807, 2.05) is 32.8 Å². The van der Waals surface area contributed by atoms with Gasteiger partial charge in [-0.25, -0.2) is 0 Å². The Balaban J connectivity index is 1.58. The van der Waals surface area contributed by atoms with Crippen LogP contribution in [0.1, 0.15) is 80.1 Å². The molecule has 4 fully saturated rings. The average Bonchev–Trinajstić information content (AvgIpc) is 3.47. The van der Waals surface area contributed by atoms with Gasteiger partial charge in [-0.05, 0) is 86.4 Å². The first kappa shape index (κ1) is 36.7. The van der Waals surface area contributed by atoms with Crippen molar-refractivity contribution in [2.75, 3.05) is 61.0 Å². The number of cyclic esters (lactones) is 1. The van der Waals surface area contributed by atoms with Crippen molar-refractivity contribution in [2.24, 2.45) is 29.1 Å². The van der Waals surface area contributed by atoms with Crippen LogP contribution in [0.2, 0.25) is 0 Å². The van der Waals surface area contributed by atoms with Gasteiger partial charge in [-0.15, -0.1) is 0 Å². The van der Waals surface area contributed by atoms with Crippen molar-refractivity contribution in [3.63, 3.8) is 0 Å². The number of ether oxygens (including phenoxy) is 4. The number of carbonyl (C=O) groups is 2. The summed E-state index contributed by atoms with van der Waals surface area (Å²) < 4.78 is 25.1. The lowest BCUT2D eigenvalue weighted by molar-refractivity contribution is -0.295. The fourth-order valence-corrected chi connectivity index (χ4v) is 8.62. The van der Waals surface area contributed by atoms with Crippen molar-refractivity contribution < 1.29 is 33.6 Å². The molecule has 0 amide bonds. The van der Waals surface area contributed by atoms with Crippen molar-refractivity contribution in [2.45, 2.75) is 122 Å². The molecule has 0 bridgehead atoms. The maximum absolute atomic E-state index is 14.2. The summed E-state index contributed by atoms with van der Waals surface area (Å²) in [6.45, 7) is 15.5. The highest BCUT2D eigenvalue weighted by atomic mass is 16.7. The number of Topliss-reactive ketones (excluding diaryl/α,β-unsaturated/α-hetero) is 1. The van der Waals surface area contributed by atoms with Gasteiger partial charge < -0.3 is 33.9 Å². The van der Waals surface area contributed by atoms with Crippen molar-refractivity contribution in [1.29, 1.82) is 0 Å². The third-order valence-electron chi connectivity index (χ3n) is 11.4. The van der Waals surface area contributed by atoms with E-state index in [2.05, 4.69) is 23.8 Å². The summed E-state index contributed by atoms with van der Waals surface area (Å²) in [6, 6.07) is -0.0961. The molecule has 3 heterocycles. The molecule has 3 saturated heterocycles. The number of likely N-dealkylation sites (N-methyl/N-ethyl adjacent to an activating group) is 2. The van der Waals surface area contributed by atoms with Gasteiger partial charge in [-0.3, -0.25) is 14.5 Å². The molecule has 45 heavy (non-hydrogen) atoms. The minimum absolute atomic E-state index is 0.0661. The molecule has 1 unspecified atom stereocenters. The summed E-state index contributed by atoms with van der Waals surface area (Å²) in [7, 11) is 7.65. The van der Waals surface area contributed by atoms with E-state index in [9.17, 15) is 14.7 Å². The fraction of sp³-hybridized carbons (Fsp3) is 0.943. The van der Waals surface area contributed by atoms with Gasteiger partial charge in [0.15, 0.2) is 12.1 Å². The number of ketones is 1. The molecule has 0 aromatic heterocycles. The van der Waals surface area contributed by atoms with E-state index in [1.54, 1.807) is 27.9 Å². The van der Waals surface area contributed by atoms with Crippen molar-refractivity contribution in [3.05, 3.63) is 0 Å². The molecule has 260 valence electrons. The van der Waals surface area contributed by atoms with Gasteiger partial charge in [0.25, 0.3) is 0 Å². The second-order valence-corrected chi connectivity index (χ2v) is 16.0. The van der Waals surface area contributed by atoms with Gasteiger partial charge >= 0.3 is 5.97 Å². The topological polar surface area (TPSA) is 101 Å². The predicted octanol–water partition coefficient (Wildman–Crippen LogP) is 3.44. The lowest BCUT2D eigenvalue weighted by atomic mass is 9.74. The van der Waals surface area contributed by atoms with E-state index in [4.69, 9.17) is 18.9 Å². The van der Waals surface area contributed by atoms with Crippen LogP contribution in [0.25, 0.3) is 0 Å². The van der Waals surface area contributed by atoms with Crippen molar-refractivity contribution in [3.8, 4) is 0 Å². The van der Waals surface area contributed by atoms with Crippen LogP contribution in [0.3, 0.4) is 0 Å². The van der Waals surface area contributed by atoms with E-state index in [-0.39, 0.29) is 36.5 Å². The van der Waals surface area contributed by atoms with Crippen LogP contribution in [-0.2, 0) is 28.5 Å². The van der Waals surface area contributed by atoms with Gasteiger partial charge in [-0.1, -0.05) is 26.7 Å². The second-order valence-electron chi connectivity index (χ2n) is 16.0. The third-order valence-corrected chi connectivity index (χ3v) is 11.4. The number of likely N-dealkylation sites (tertiary alicyclic amines) is 1. The van der Waals surface area contributed by atoms with E-state index in [0.717, 1.165) is 25.6 Å². The minimum atomic E-state index is -1.39. The molecule has 0 aromatic rings. The highest BCUT2D eigenvalue weighted by Crippen LogP contribution is 2.39. The molecule has 9 atom stereocenters. The van der Waals surface area contributed by atoms with Crippen LogP contribution >= 0.6 is 0 Å². The largest absolute Gasteiger partial charge is 0.463 e. The van der Waals surface area contributed by atoms with Crippen LogP contribution < -0.4 is 0 Å². The number of aliphatic hydroxyl groups is 1. The summed E-state index contributed by atoms with van der Waals surface area (Å²) in [6.07, 6.45) is 3.87. The fourth-order valence-electron chi connectivity index (χ4n) is 8.62. The van der Waals surface area contributed by atoms with Crippen LogP contribution in [0.15, 0.2) is 0 Å². The molecule has 10 nitrogen and oxygen atoms in total. The SMILES string of the molecule is CO[C@]1(C)C[C@@H](C)CN(C)C(C2CN(CC3CCCC3)C2)COC(=O)C(C)(C)C(=O)[C@H](C)[C@H]1O[C@@H]1O[C@H](C)C[C@H](N(C)C)[C@H]1O. The van der Waals surface area contributed by atoms with E-state index < -0.39 is 41.4 Å². The molecule has 10 heteroatoms. The Morgan fingerprint density at radius 1 is 1.04 bits per heavy atom. The van der Waals surface area contributed by atoms with Gasteiger partial charge in [0.05, 0.1) is 17.8 Å². The molecule has 4 rings (SSSR count). The number of rotatable bonds is 7. The Morgan fingerprint density at radius 2 is 1.69 bits per heavy atom. The van der Waals surface area contributed by atoms with E-state index >= 15 is 0 Å². The number of aliphatic hydroxyl groups excluding tert-OH is 1. The van der Waals surface area contributed by atoms with E-state index in [1.165, 1.54) is 32.2 Å². The summed E-state index contributed by atoms with van der Waals surface area (Å²) in [5.41, 5.74) is -2.29. The van der Waals surface area contributed by atoms with Crippen LogP contribution in [0.4, 0.5) is 0 Å². The average molecular weight is 638 g/mol. The Kier molecular flexibility index (Phi) is 12.2. The highest BCUT2D eigenvalue weighted by molar-refractivity contribution is 6.04. The maximum atomic E-state index is 14.2. The zero-order valence-corrected chi connectivity index (χ0v) is 29.8. The smallest absolute Gasteiger partial charge is 0.319 e. The summed E-state index contributed by atoms with van der Waals surface area (Å²) in [5.74, 6) is -0.122. The van der Waals surface area contributed by atoms with Crippen LogP contribution in [0, 0.1) is 29.1 Å². The molecular weight excluding hydrogens is 574 g/mol. The first-order valence-corrected chi connectivity index (χ1v) is 17.4. The second kappa shape index (κ2) is 15.0. The zero-order chi connectivity index (χ0) is 33.3. The molecule has 3 aliphatic heterocycles.